The highest BCUT2D eigenvalue weighted by Gasteiger charge is 2.31. The lowest BCUT2D eigenvalue weighted by atomic mass is 9.89. The number of anilines is 1. The second-order valence-corrected chi connectivity index (χ2v) is 10.5. The molecule has 0 radical (unpaired) electrons. The van der Waals surface area contributed by atoms with Gasteiger partial charge in [-0.05, 0) is 47.9 Å². The fourth-order valence-electron chi connectivity index (χ4n) is 4.10. The van der Waals surface area contributed by atoms with E-state index in [1.54, 1.807) is 18.2 Å². The summed E-state index contributed by atoms with van der Waals surface area (Å²) >= 11 is 0. The van der Waals surface area contributed by atoms with Crippen molar-refractivity contribution in [2.24, 2.45) is 0 Å². The third-order valence-corrected chi connectivity index (χ3v) is 7.54. The van der Waals surface area contributed by atoms with Gasteiger partial charge in [0.25, 0.3) is 20.2 Å². The van der Waals surface area contributed by atoms with Gasteiger partial charge in [-0.2, -0.15) is 16.8 Å². The van der Waals surface area contributed by atoms with E-state index in [-0.39, 0.29) is 27.6 Å². The molecular weight excluding hydrogens is 512 g/mol. The van der Waals surface area contributed by atoms with E-state index in [1.807, 2.05) is 6.92 Å². The third kappa shape index (κ3) is 4.11. The fourth-order valence-corrected chi connectivity index (χ4v) is 5.59. The normalized spacial score (nSPS) is 12.2. The Kier molecular flexibility index (Phi) is 6.12. The van der Waals surface area contributed by atoms with Crippen LogP contribution in [-0.2, 0) is 31.4 Å². The van der Waals surface area contributed by atoms with E-state index in [0.29, 0.717) is 6.42 Å². The molecule has 0 spiro atoms. The first-order valence-electron chi connectivity index (χ1n) is 10.3. The van der Waals surface area contributed by atoms with E-state index < -0.39 is 58.4 Å². The zero-order valence-electron chi connectivity index (χ0n) is 18.9. The summed E-state index contributed by atoms with van der Waals surface area (Å²) in [7, 11) is -8.86. The molecule has 1 heterocycles. The lowest BCUT2D eigenvalue weighted by molar-refractivity contribution is 0.0601. The number of fused-ring (bicyclic) bond motifs is 2. The van der Waals surface area contributed by atoms with Gasteiger partial charge in [0.05, 0.1) is 23.7 Å². The molecule has 0 saturated carbocycles. The van der Waals surface area contributed by atoms with Gasteiger partial charge < -0.3 is 14.9 Å². The number of carbonyl (C=O) groups excluding carboxylic acids is 1. The number of hydrogen-bond donors (Lipinski definition) is 4. The van der Waals surface area contributed by atoms with E-state index in [9.17, 15) is 30.7 Å². The number of ether oxygens (including phenoxy) is 1. The fraction of sp³-hybridized carbons (Fsp3) is 0.130. The largest absolute Gasteiger partial charge is 0.465 e. The molecule has 36 heavy (non-hydrogen) atoms. The van der Waals surface area contributed by atoms with Crippen molar-refractivity contribution in [1.82, 2.24) is 0 Å². The first-order chi connectivity index (χ1) is 16.8. The van der Waals surface area contributed by atoms with Crippen LogP contribution in [0.3, 0.4) is 0 Å². The third-order valence-electron chi connectivity index (χ3n) is 5.68. The molecule has 0 aromatic heterocycles. The number of benzene rings is 3. The molecule has 0 amide bonds. The number of nitrogen functional groups attached to an aromatic ring is 1. The average Bonchev–Trinajstić information content (AvgIpc) is 2.79. The summed E-state index contributed by atoms with van der Waals surface area (Å²) in [5, 5.41) is 7.46. The smallest absolute Gasteiger partial charge is 0.338 e. The molecule has 0 bridgehead atoms. The van der Waals surface area contributed by atoms with Crippen LogP contribution in [0.4, 0.5) is 5.69 Å². The Bertz CT molecular complexity index is 1810. The van der Waals surface area contributed by atoms with Crippen molar-refractivity contribution in [2.75, 3.05) is 12.8 Å². The SMILES string of the molecule is CCc1ccc(-c2c3ccc(=N)c(S(=O)(=O)O)c-3oc3c(S(=O)(=O)O)c(N)ccc23)c(C(=O)OC)c1. The van der Waals surface area contributed by atoms with E-state index in [2.05, 4.69) is 0 Å². The van der Waals surface area contributed by atoms with E-state index in [4.69, 9.17) is 20.3 Å². The Balaban J connectivity index is 2.36. The average molecular weight is 533 g/mol. The number of carbonyl (C=O) groups is 1. The highest BCUT2D eigenvalue weighted by molar-refractivity contribution is 7.86. The lowest BCUT2D eigenvalue weighted by Crippen LogP contribution is -2.16. The quantitative estimate of drug-likeness (QED) is 0.128. The summed E-state index contributed by atoms with van der Waals surface area (Å²) in [6.07, 6.45) is 0.578. The van der Waals surface area contributed by atoms with Crippen molar-refractivity contribution >= 4 is 42.9 Å². The van der Waals surface area contributed by atoms with Gasteiger partial charge in [-0.1, -0.05) is 19.1 Å². The number of hydrogen-bond acceptors (Lipinski definition) is 9. The maximum absolute atomic E-state index is 12.7. The second kappa shape index (κ2) is 8.71. The summed E-state index contributed by atoms with van der Waals surface area (Å²) in [5.41, 5.74) is 6.13. The number of esters is 1. The maximum atomic E-state index is 12.7. The van der Waals surface area contributed by atoms with Gasteiger partial charge in [0.15, 0.2) is 21.1 Å². The molecule has 4 rings (SSSR count). The van der Waals surface area contributed by atoms with Crippen molar-refractivity contribution in [2.45, 2.75) is 23.1 Å². The van der Waals surface area contributed by atoms with Crippen LogP contribution >= 0.6 is 0 Å². The number of aryl methyl sites for hydroxylation is 1. The Morgan fingerprint density at radius 3 is 2.22 bits per heavy atom. The minimum Gasteiger partial charge on any atom is -0.465 e. The number of methoxy groups -OCH3 is 1. The number of rotatable bonds is 5. The van der Waals surface area contributed by atoms with Crippen LogP contribution in [0.15, 0.2) is 56.7 Å². The minimum absolute atomic E-state index is 0.0339. The molecule has 5 N–H and O–H groups in total. The van der Waals surface area contributed by atoms with Gasteiger partial charge in [-0.3, -0.25) is 14.5 Å². The minimum atomic E-state index is -5.04. The predicted octanol–water partition coefficient (Wildman–Crippen LogP) is 3.11. The molecule has 0 saturated heterocycles. The van der Waals surface area contributed by atoms with Gasteiger partial charge in [0.2, 0.25) is 0 Å². The van der Waals surface area contributed by atoms with Gasteiger partial charge >= 0.3 is 5.97 Å². The second-order valence-electron chi connectivity index (χ2n) is 7.83. The topological polar surface area (TPSA) is 198 Å². The molecule has 1 aliphatic carbocycles. The van der Waals surface area contributed by atoms with Crippen molar-refractivity contribution in [3.8, 4) is 22.5 Å². The molecule has 13 heteroatoms. The van der Waals surface area contributed by atoms with Crippen molar-refractivity contribution in [3.63, 3.8) is 0 Å². The van der Waals surface area contributed by atoms with Gasteiger partial charge in [-0.15, -0.1) is 0 Å². The van der Waals surface area contributed by atoms with Gasteiger partial charge in [0.1, 0.15) is 0 Å². The van der Waals surface area contributed by atoms with Crippen LogP contribution < -0.4 is 11.1 Å². The van der Waals surface area contributed by atoms with E-state index >= 15 is 0 Å². The highest BCUT2D eigenvalue weighted by atomic mass is 32.2. The van der Waals surface area contributed by atoms with Crippen LogP contribution in [0, 0.1) is 5.41 Å². The number of nitrogens with one attached hydrogen (secondary N) is 1. The Labute approximate surface area is 205 Å². The summed E-state index contributed by atoms with van der Waals surface area (Å²) in [6, 6.07) is 9.90. The monoisotopic (exact) mass is 532 g/mol. The predicted molar refractivity (Wildman–Crippen MR) is 129 cm³/mol. The number of nitrogens with two attached hydrogens (primary N) is 1. The maximum Gasteiger partial charge on any atom is 0.338 e. The van der Waals surface area contributed by atoms with Crippen LogP contribution in [-0.4, -0.2) is 39.0 Å². The Hall–Kier alpha value is -3.78. The summed E-state index contributed by atoms with van der Waals surface area (Å²) in [6.45, 7) is 1.87. The zero-order valence-corrected chi connectivity index (χ0v) is 20.5. The molecule has 0 atom stereocenters. The standard InChI is InChI=1S/C23H20N2O9S2/c1-3-11-4-5-12(15(10-11)23(26)33-2)18-13-6-8-16(24)21(35(27,28)29)19(13)34-20-14(18)7-9-17(25)22(20)36(30,31)32/h4-10,24H,3,25H2,1-2H3,(H,27,28,29)(H,30,31,32). The molecule has 2 aliphatic rings. The van der Waals surface area contributed by atoms with Crippen molar-refractivity contribution < 1.29 is 39.9 Å². The van der Waals surface area contributed by atoms with Crippen molar-refractivity contribution in [3.05, 3.63) is 58.9 Å². The molecule has 0 fully saturated rings. The summed E-state index contributed by atoms with van der Waals surface area (Å²) in [5.74, 6) is -1.29. The van der Waals surface area contributed by atoms with Crippen LogP contribution in [0.2, 0.25) is 0 Å². The zero-order chi connectivity index (χ0) is 26.6. The molecule has 2 aromatic carbocycles. The Morgan fingerprint density at radius 1 is 1.00 bits per heavy atom. The molecule has 0 unspecified atom stereocenters. The van der Waals surface area contributed by atoms with Gasteiger partial charge in [0, 0.05) is 16.5 Å². The Morgan fingerprint density at radius 2 is 1.64 bits per heavy atom. The summed E-state index contributed by atoms with van der Waals surface area (Å²) in [4.78, 5) is 11.0. The van der Waals surface area contributed by atoms with Gasteiger partial charge in [-0.25, -0.2) is 4.79 Å². The molecule has 188 valence electrons. The lowest BCUT2D eigenvalue weighted by Gasteiger charge is -2.20. The van der Waals surface area contributed by atoms with Crippen LogP contribution in [0.25, 0.3) is 33.4 Å². The molecule has 2 aromatic rings. The molecule has 11 nitrogen and oxygen atoms in total. The van der Waals surface area contributed by atoms with Crippen molar-refractivity contribution in [1.29, 1.82) is 5.41 Å². The first kappa shape index (κ1) is 25.3. The summed E-state index contributed by atoms with van der Waals surface area (Å²) < 4.78 is 79.3. The molecular formula is C23H20N2O9S2. The van der Waals surface area contributed by atoms with E-state index in [0.717, 1.165) is 11.6 Å². The van der Waals surface area contributed by atoms with E-state index in [1.165, 1.54) is 25.3 Å². The molecule has 1 aliphatic heterocycles. The first-order valence-corrected chi connectivity index (χ1v) is 13.2. The van der Waals surface area contributed by atoms with Crippen LogP contribution in [0.5, 0.6) is 0 Å². The van der Waals surface area contributed by atoms with Crippen LogP contribution in [0.1, 0.15) is 22.8 Å². The highest BCUT2D eigenvalue weighted by Crippen LogP contribution is 2.45.